The van der Waals surface area contributed by atoms with Crippen LogP contribution in [0.15, 0.2) is 35.5 Å². The van der Waals surface area contributed by atoms with Gasteiger partial charge in [-0.05, 0) is 41.3 Å². The van der Waals surface area contributed by atoms with Gasteiger partial charge in [0.25, 0.3) is 5.91 Å². The molecule has 166 valence electrons. The lowest BCUT2D eigenvalue weighted by Crippen LogP contribution is -2.24. The van der Waals surface area contributed by atoms with Crippen LogP contribution in [0.25, 0.3) is 10.2 Å². The first-order chi connectivity index (χ1) is 15.6. The normalized spacial score (nSPS) is 10.9. The van der Waals surface area contributed by atoms with E-state index in [0.29, 0.717) is 17.3 Å². The molecule has 0 aliphatic rings. The lowest BCUT2D eigenvalue weighted by Gasteiger charge is -2.05. The molecule has 0 saturated carbocycles. The Kier molecular flexibility index (Phi) is 7.07. The smallest absolute Gasteiger partial charge is 0.251 e. The van der Waals surface area contributed by atoms with Gasteiger partial charge in [0.1, 0.15) is 0 Å². The van der Waals surface area contributed by atoms with Crippen LogP contribution in [-0.4, -0.2) is 60.4 Å². The number of hydrogen-bond acceptors (Lipinski definition) is 11. The number of fused-ring (bicyclic) bond motifs is 1. The molecule has 32 heavy (non-hydrogen) atoms. The van der Waals surface area contributed by atoms with Crippen molar-refractivity contribution in [3.8, 4) is 0 Å². The average Bonchev–Trinajstić information content (AvgIpc) is 3.42. The van der Waals surface area contributed by atoms with Crippen LogP contribution in [0.1, 0.15) is 22.6 Å². The van der Waals surface area contributed by atoms with E-state index in [1.54, 1.807) is 37.3 Å². The second kappa shape index (κ2) is 10.3. The fourth-order valence-corrected chi connectivity index (χ4v) is 4.04. The standard InChI is InChI=1S/C19H22N10OS2/c1-29-16(26-27-28-29)11-22-17(30)12-4-5-14-15(8-12)32-19(25-14)21-7-3-6-20-18-23-9-13(31-2)10-24-18/h4-5,8-10H,3,6-7,11H2,1-2H3,(H,21,25)(H,22,30)(H,20,23,24). The number of tetrazole rings is 1. The molecule has 0 fully saturated rings. The Labute approximate surface area is 192 Å². The fraction of sp³-hybridized carbons (Fsp3) is 0.316. The maximum absolute atomic E-state index is 12.5. The number of carbonyl (C=O) groups excluding carboxylic acids is 1. The average molecular weight is 471 g/mol. The quantitative estimate of drug-likeness (QED) is 0.234. The number of nitrogens with one attached hydrogen (secondary N) is 3. The van der Waals surface area contributed by atoms with Crippen LogP contribution >= 0.6 is 23.1 Å². The number of thioether (sulfide) groups is 1. The third kappa shape index (κ3) is 5.48. The van der Waals surface area contributed by atoms with Gasteiger partial charge in [-0.3, -0.25) is 4.79 Å². The van der Waals surface area contributed by atoms with Crippen LogP contribution in [0, 0.1) is 0 Å². The number of anilines is 2. The molecular weight excluding hydrogens is 448 g/mol. The minimum Gasteiger partial charge on any atom is -0.361 e. The lowest BCUT2D eigenvalue weighted by atomic mass is 10.2. The highest BCUT2D eigenvalue weighted by atomic mass is 32.2. The Morgan fingerprint density at radius 3 is 2.75 bits per heavy atom. The van der Waals surface area contributed by atoms with E-state index in [4.69, 9.17) is 0 Å². The Bertz CT molecular complexity index is 1190. The molecule has 0 unspecified atom stereocenters. The molecule has 0 atom stereocenters. The molecule has 0 radical (unpaired) electrons. The number of amides is 1. The van der Waals surface area contributed by atoms with Gasteiger partial charge >= 0.3 is 0 Å². The summed E-state index contributed by atoms with van der Waals surface area (Å²) in [5.41, 5.74) is 1.42. The Morgan fingerprint density at radius 2 is 2.00 bits per heavy atom. The van der Waals surface area contributed by atoms with Crippen molar-refractivity contribution in [2.75, 3.05) is 30.0 Å². The van der Waals surface area contributed by atoms with E-state index >= 15 is 0 Å². The zero-order valence-electron chi connectivity index (χ0n) is 17.6. The van der Waals surface area contributed by atoms with Crippen LogP contribution in [0.5, 0.6) is 0 Å². The second-order valence-corrected chi connectivity index (χ2v) is 8.67. The predicted molar refractivity (Wildman–Crippen MR) is 125 cm³/mol. The van der Waals surface area contributed by atoms with Crippen LogP contribution in [0.3, 0.4) is 0 Å². The number of aryl methyl sites for hydroxylation is 1. The van der Waals surface area contributed by atoms with E-state index in [0.717, 1.165) is 39.8 Å². The molecule has 3 N–H and O–H groups in total. The van der Waals surface area contributed by atoms with Gasteiger partial charge in [-0.2, -0.15) is 0 Å². The molecular formula is C19H22N10OS2. The number of thiazole rings is 1. The van der Waals surface area contributed by atoms with Crippen molar-refractivity contribution in [1.29, 1.82) is 0 Å². The van der Waals surface area contributed by atoms with Gasteiger partial charge in [0.05, 0.1) is 16.8 Å². The van der Waals surface area contributed by atoms with E-state index in [1.807, 2.05) is 18.4 Å². The summed E-state index contributed by atoms with van der Waals surface area (Å²) in [6.45, 7) is 1.77. The van der Waals surface area contributed by atoms with Crippen LogP contribution in [-0.2, 0) is 13.6 Å². The van der Waals surface area contributed by atoms with Crippen LogP contribution in [0.4, 0.5) is 11.1 Å². The van der Waals surface area contributed by atoms with Crippen molar-refractivity contribution < 1.29 is 4.79 Å². The first-order valence-electron chi connectivity index (χ1n) is 9.86. The molecule has 1 amide bonds. The van der Waals surface area contributed by atoms with Crippen molar-refractivity contribution in [2.24, 2.45) is 7.05 Å². The lowest BCUT2D eigenvalue weighted by molar-refractivity contribution is 0.0949. The third-order valence-corrected chi connectivity index (χ3v) is 6.20. The zero-order chi connectivity index (χ0) is 22.3. The molecule has 0 aliphatic carbocycles. The van der Waals surface area contributed by atoms with Gasteiger partial charge in [-0.1, -0.05) is 11.3 Å². The molecule has 3 heterocycles. The van der Waals surface area contributed by atoms with E-state index in [-0.39, 0.29) is 12.5 Å². The molecule has 0 bridgehead atoms. The summed E-state index contributed by atoms with van der Waals surface area (Å²) in [7, 11) is 1.73. The predicted octanol–water partition coefficient (Wildman–Crippen LogP) is 2.18. The summed E-state index contributed by atoms with van der Waals surface area (Å²) in [6.07, 6.45) is 6.49. The molecule has 4 rings (SSSR count). The number of aromatic nitrogens is 7. The van der Waals surface area contributed by atoms with Crippen LogP contribution in [0.2, 0.25) is 0 Å². The first-order valence-corrected chi connectivity index (χ1v) is 11.9. The second-order valence-electron chi connectivity index (χ2n) is 6.76. The van der Waals surface area contributed by atoms with Crippen LogP contribution < -0.4 is 16.0 Å². The molecule has 13 heteroatoms. The van der Waals surface area contributed by atoms with E-state index in [2.05, 4.69) is 46.4 Å². The van der Waals surface area contributed by atoms with Crippen molar-refractivity contribution in [3.63, 3.8) is 0 Å². The summed E-state index contributed by atoms with van der Waals surface area (Å²) < 4.78 is 2.47. The SMILES string of the molecule is CSc1cnc(NCCCNc2nc3ccc(C(=O)NCc4nnnn4C)cc3s2)nc1. The topological polar surface area (TPSA) is 135 Å². The van der Waals surface area contributed by atoms with Crippen molar-refractivity contribution in [2.45, 2.75) is 17.9 Å². The molecule has 0 aliphatic heterocycles. The number of hydrogen-bond donors (Lipinski definition) is 3. The molecule has 0 saturated heterocycles. The Morgan fingerprint density at radius 1 is 1.19 bits per heavy atom. The van der Waals surface area contributed by atoms with E-state index < -0.39 is 0 Å². The minimum atomic E-state index is -0.184. The molecule has 0 spiro atoms. The number of nitrogens with zero attached hydrogens (tertiary/aromatic N) is 7. The minimum absolute atomic E-state index is 0.184. The molecule has 4 aromatic rings. The summed E-state index contributed by atoms with van der Waals surface area (Å²) in [5, 5.41) is 21.4. The van der Waals surface area contributed by atoms with Gasteiger partial charge < -0.3 is 16.0 Å². The summed E-state index contributed by atoms with van der Waals surface area (Å²) in [5.74, 6) is 1.03. The highest BCUT2D eigenvalue weighted by Gasteiger charge is 2.11. The maximum atomic E-state index is 12.5. The highest BCUT2D eigenvalue weighted by Crippen LogP contribution is 2.26. The van der Waals surface area contributed by atoms with Gasteiger partial charge in [-0.15, -0.1) is 16.9 Å². The molecule has 11 nitrogen and oxygen atoms in total. The van der Waals surface area contributed by atoms with Gasteiger partial charge in [0.15, 0.2) is 11.0 Å². The first kappa shape index (κ1) is 21.9. The molecule has 1 aromatic carbocycles. The third-order valence-electron chi connectivity index (χ3n) is 4.54. The van der Waals surface area contributed by atoms with Crippen molar-refractivity contribution >= 4 is 50.3 Å². The maximum Gasteiger partial charge on any atom is 0.251 e. The number of rotatable bonds is 10. The van der Waals surface area contributed by atoms with Gasteiger partial charge in [0.2, 0.25) is 5.95 Å². The Hall–Kier alpha value is -3.32. The Balaban J connectivity index is 1.26. The van der Waals surface area contributed by atoms with E-state index in [1.165, 1.54) is 16.0 Å². The molecule has 3 aromatic heterocycles. The largest absolute Gasteiger partial charge is 0.361 e. The number of carbonyl (C=O) groups is 1. The monoisotopic (exact) mass is 470 g/mol. The highest BCUT2D eigenvalue weighted by molar-refractivity contribution is 7.98. The van der Waals surface area contributed by atoms with Gasteiger partial charge in [-0.25, -0.2) is 19.6 Å². The van der Waals surface area contributed by atoms with E-state index in [9.17, 15) is 4.79 Å². The fourth-order valence-electron chi connectivity index (χ4n) is 2.80. The number of benzene rings is 1. The summed E-state index contributed by atoms with van der Waals surface area (Å²) in [6, 6.07) is 5.47. The summed E-state index contributed by atoms with van der Waals surface area (Å²) >= 11 is 3.13. The van der Waals surface area contributed by atoms with Crippen molar-refractivity contribution in [1.82, 2.24) is 40.5 Å². The summed E-state index contributed by atoms with van der Waals surface area (Å²) in [4.78, 5) is 26.6. The van der Waals surface area contributed by atoms with Gasteiger partial charge in [0, 0.05) is 43.0 Å². The zero-order valence-corrected chi connectivity index (χ0v) is 19.2. The van der Waals surface area contributed by atoms with Crippen molar-refractivity contribution in [3.05, 3.63) is 42.0 Å².